The molecule has 44 valence electrons. The van der Waals surface area contributed by atoms with Gasteiger partial charge in [0.1, 0.15) is 0 Å². The van der Waals surface area contributed by atoms with E-state index in [2.05, 4.69) is 4.98 Å². The average molecular weight is 128 g/mol. The summed E-state index contributed by atoms with van der Waals surface area (Å²) < 4.78 is 0. The standard InChI is InChI=1S/C5H8N2S/c1-7(2)5-6-3-4-8-5/h3-4H,1-2H3. The topological polar surface area (TPSA) is 16.1 Å². The number of hydrogen-bond acceptors (Lipinski definition) is 3. The van der Waals surface area contributed by atoms with E-state index in [-0.39, 0.29) is 0 Å². The second-order valence-corrected chi connectivity index (χ2v) is 2.58. The van der Waals surface area contributed by atoms with E-state index < -0.39 is 0 Å². The van der Waals surface area contributed by atoms with Gasteiger partial charge < -0.3 is 4.90 Å². The molecule has 0 radical (unpaired) electrons. The van der Waals surface area contributed by atoms with Crippen LogP contribution in [0.3, 0.4) is 0 Å². The largest absolute Gasteiger partial charge is 0.354 e. The molecule has 0 aliphatic rings. The third-order valence-corrected chi connectivity index (χ3v) is 1.74. The molecule has 0 aliphatic carbocycles. The van der Waals surface area contributed by atoms with Gasteiger partial charge in [0, 0.05) is 25.7 Å². The minimum absolute atomic E-state index is 1.06. The maximum absolute atomic E-state index is 4.06. The van der Waals surface area contributed by atoms with Crippen LogP contribution in [-0.4, -0.2) is 19.1 Å². The Labute approximate surface area is 52.8 Å². The lowest BCUT2D eigenvalue weighted by atomic mass is 10.9. The van der Waals surface area contributed by atoms with E-state index in [9.17, 15) is 0 Å². The van der Waals surface area contributed by atoms with Gasteiger partial charge in [-0.05, 0) is 0 Å². The smallest absolute Gasteiger partial charge is 0.184 e. The summed E-state index contributed by atoms with van der Waals surface area (Å²) in [4.78, 5) is 6.05. The molecule has 0 bridgehead atoms. The summed E-state index contributed by atoms with van der Waals surface area (Å²) in [5.41, 5.74) is 0. The van der Waals surface area contributed by atoms with Crippen LogP contribution in [0.2, 0.25) is 0 Å². The Kier molecular flexibility index (Phi) is 1.48. The van der Waals surface area contributed by atoms with Crippen LogP contribution >= 0.6 is 11.3 Å². The lowest BCUT2D eigenvalue weighted by Crippen LogP contribution is -2.07. The van der Waals surface area contributed by atoms with E-state index in [0.717, 1.165) is 5.13 Å². The number of aromatic nitrogens is 1. The summed E-state index contributed by atoms with van der Waals surface area (Å²) in [6.07, 6.45) is 1.81. The maximum atomic E-state index is 4.06. The van der Waals surface area contributed by atoms with Crippen LogP contribution in [0.25, 0.3) is 0 Å². The Bertz CT molecular complexity index is 145. The Morgan fingerprint density at radius 1 is 1.62 bits per heavy atom. The molecular weight excluding hydrogens is 120 g/mol. The van der Waals surface area contributed by atoms with E-state index >= 15 is 0 Å². The molecule has 0 amide bonds. The highest BCUT2D eigenvalue weighted by atomic mass is 32.1. The SMILES string of the molecule is CN(C)c1nccs1. The van der Waals surface area contributed by atoms with Crippen molar-refractivity contribution in [3.63, 3.8) is 0 Å². The Morgan fingerprint density at radius 2 is 2.38 bits per heavy atom. The van der Waals surface area contributed by atoms with Gasteiger partial charge in [0.15, 0.2) is 5.13 Å². The highest BCUT2D eigenvalue weighted by Crippen LogP contribution is 2.12. The minimum atomic E-state index is 1.06. The average Bonchev–Trinajstić information content (AvgIpc) is 2.12. The van der Waals surface area contributed by atoms with Crippen molar-refractivity contribution < 1.29 is 0 Å². The molecular formula is C5H8N2S. The first-order valence-corrected chi connectivity index (χ1v) is 3.25. The van der Waals surface area contributed by atoms with Crippen molar-refractivity contribution in [2.24, 2.45) is 0 Å². The molecule has 0 saturated heterocycles. The van der Waals surface area contributed by atoms with Crippen LogP contribution in [0, 0.1) is 0 Å². The van der Waals surface area contributed by atoms with Gasteiger partial charge in [0.2, 0.25) is 0 Å². The summed E-state index contributed by atoms with van der Waals surface area (Å²) in [7, 11) is 3.97. The molecule has 0 saturated carbocycles. The van der Waals surface area contributed by atoms with Gasteiger partial charge in [-0.3, -0.25) is 0 Å². The highest BCUT2D eigenvalue weighted by molar-refractivity contribution is 7.13. The Hall–Kier alpha value is -0.570. The zero-order chi connectivity index (χ0) is 5.98. The summed E-state index contributed by atoms with van der Waals surface area (Å²) >= 11 is 1.65. The van der Waals surface area contributed by atoms with Crippen LogP contribution in [0.4, 0.5) is 5.13 Å². The number of nitrogens with zero attached hydrogens (tertiary/aromatic N) is 2. The summed E-state index contributed by atoms with van der Waals surface area (Å²) in [5, 5.41) is 3.03. The van der Waals surface area contributed by atoms with Crippen molar-refractivity contribution in [3.05, 3.63) is 11.6 Å². The predicted octanol–water partition coefficient (Wildman–Crippen LogP) is 1.21. The van der Waals surface area contributed by atoms with Gasteiger partial charge in [0.25, 0.3) is 0 Å². The first-order valence-electron chi connectivity index (χ1n) is 2.37. The second-order valence-electron chi connectivity index (χ2n) is 1.71. The van der Waals surface area contributed by atoms with Gasteiger partial charge in [-0.15, -0.1) is 11.3 Å². The molecule has 1 rings (SSSR count). The fraction of sp³-hybridized carbons (Fsp3) is 0.400. The maximum Gasteiger partial charge on any atom is 0.184 e. The Balaban J connectivity index is 2.77. The van der Waals surface area contributed by atoms with Gasteiger partial charge in [-0.25, -0.2) is 4.98 Å². The molecule has 8 heavy (non-hydrogen) atoms. The van der Waals surface area contributed by atoms with E-state index in [4.69, 9.17) is 0 Å². The van der Waals surface area contributed by atoms with E-state index in [1.807, 2.05) is 24.4 Å². The van der Waals surface area contributed by atoms with Crippen molar-refractivity contribution in [1.82, 2.24) is 4.98 Å². The van der Waals surface area contributed by atoms with E-state index in [0.29, 0.717) is 0 Å². The molecule has 0 atom stereocenters. The zero-order valence-corrected chi connectivity index (χ0v) is 5.77. The molecule has 0 spiro atoms. The normalized spacial score (nSPS) is 9.25. The molecule has 3 heteroatoms. The summed E-state index contributed by atoms with van der Waals surface area (Å²) in [6.45, 7) is 0. The molecule has 2 nitrogen and oxygen atoms in total. The van der Waals surface area contributed by atoms with Crippen LogP contribution in [0.1, 0.15) is 0 Å². The molecule has 0 aromatic carbocycles. The number of hydrogen-bond donors (Lipinski definition) is 0. The number of thiazole rings is 1. The lowest BCUT2D eigenvalue weighted by Gasteiger charge is -2.04. The van der Waals surface area contributed by atoms with Crippen LogP contribution in [0.5, 0.6) is 0 Å². The first kappa shape index (κ1) is 5.56. The molecule has 1 aromatic heterocycles. The van der Waals surface area contributed by atoms with E-state index in [1.165, 1.54) is 0 Å². The highest BCUT2D eigenvalue weighted by Gasteiger charge is 1.92. The Morgan fingerprint density at radius 3 is 2.62 bits per heavy atom. The van der Waals surface area contributed by atoms with E-state index in [1.54, 1.807) is 17.5 Å². The van der Waals surface area contributed by atoms with Crippen LogP contribution < -0.4 is 4.90 Å². The van der Waals surface area contributed by atoms with Crippen molar-refractivity contribution >= 4 is 16.5 Å². The number of anilines is 1. The molecule has 1 heterocycles. The minimum Gasteiger partial charge on any atom is -0.354 e. The summed E-state index contributed by atoms with van der Waals surface area (Å²) in [6, 6.07) is 0. The molecule has 0 N–H and O–H groups in total. The first-order chi connectivity index (χ1) is 3.80. The molecule has 0 fully saturated rings. The molecule has 1 aromatic rings. The van der Waals surface area contributed by atoms with Crippen molar-refractivity contribution in [3.8, 4) is 0 Å². The second kappa shape index (κ2) is 2.13. The van der Waals surface area contributed by atoms with Gasteiger partial charge >= 0.3 is 0 Å². The van der Waals surface area contributed by atoms with Crippen molar-refractivity contribution in [1.29, 1.82) is 0 Å². The van der Waals surface area contributed by atoms with Crippen LogP contribution in [0.15, 0.2) is 11.6 Å². The lowest BCUT2D eigenvalue weighted by molar-refractivity contribution is 1.10. The van der Waals surface area contributed by atoms with Gasteiger partial charge in [-0.2, -0.15) is 0 Å². The van der Waals surface area contributed by atoms with Gasteiger partial charge in [0.05, 0.1) is 0 Å². The van der Waals surface area contributed by atoms with Crippen molar-refractivity contribution in [2.75, 3.05) is 19.0 Å². The zero-order valence-electron chi connectivity index (χ0n) is 4.96. The molecule has 0 unspecified atom stereocenters. The fourth-order valence-electron chi connectivity index (χ4n) is 0.437. The fourth-order valence-corrected chi connectivity index (χ4v) is 1.01. The summed E-state index contributed by atoms with van der Waals surface area (Å²) in [5.74, 6) is 0. The monoisotopic (exact) mass is 128 g/mol. The predicted molar refractivity (Wildman–Crippen MR) is 36.4 cm³/mol. The third kappa shape index (κ3) is 0.980. The quantitative estimate of drug-likeness (QED) is 0.565. The number of rotatable bonds is 1. The van der Waals surface area contributed by atoms with Crippen molar-refractivity contribution in [2.45, 2.75) is 0 Å². The van der Waals surface area contributed by atoms with Gasteiger partial charge in [-0.1, -0.05) is 0 Å². The van der Waals surface area contributed by atoms with Crippen LogP contribution in [-0.2, 0) is 0 Å². The molecule has 0 aliphatic heterocycles. The third-order valence-electron chi connectivity index (χ3n) is 0.802.